The Balaban J connectivity index is 1.73. The van der Waals surface area contributed by atoms with Gasteiger partial charge in [0.25, 0.3) is 5.91 Å². The van der Waals surface area contributed by atoms with Crippen LogP contribution in [-0.2, 0) is 4.79 Å². The number of carbonyl (C=O) groups excluding carboxylic acids is 2. The molecule has 3 aromatic carbocycles. The highest BCUT2D eigenvalue weighted by Crippen LogP contribution is 2.21. The van der Waals surface area contributed by atoms with Crippen molar-refractivity contribution in [2.24, 2.45) is 0 Å². The highest BCUT2D eigenvalue weighted by molar-refractivity contribution is 6.30. The van der Waals surface area contributed by atoms with E-state index in [1.165, 1.54) is 0 Å². The molecule has 32 heavy (non-hydrogen) atoms. The molecule has 0 radical (unpaired) electrons. The van der Waals surface area contributed by atoms with Gasteiger partial charge in [-0.3, -0.25) is 4.79 Å². The van der Waals surface area contributed by atoms with Gasteiger partial charge in [-0.2, -0.15) is 0 Å². The van der Waals surface area contributed by atoms with Crippen LogP contribution in [0.2, 0.25) is 5.02 Å². The van der Waals surface area contributed by atoms with Crippen molar-refractivity contribution in [3.63, 3.8) is 0 Å². The van der Waals surface area contributed by atoms with Gasteiger partial charge in [0.1, 0.15) is 6.04 Å². The first-order valence-electron chi connectivity index (χ1n) is 10.5. The molecule has 0 aliphatic heterocycles. The van der Waals surface area contributed by atoms with E-state index < -0.39 is 12.1 Å². The first kappa shape index (κ1) is 23.2. The summed E-state index contributed by atoms with van der Waals surface area (Å²) in [6, 6.07) is 22.2. The van der Waals surface area contributed by atoms with Gasteiger partial charge < -0.3 is 20.9 Å². The third-order valence-corrected chi connectivity index (χ3v) is 5.29. The smallest absolute Gasteiger partial charge is 0.320 e. The lowest BCUT2D eigenvalue weighted by molar-refractivity contribution is -0.118. The van der Waals surface area contributed by atoms with Crippen LogP contribution in [0.15, 0.2) is 78.9 Å². The lowest BCUT2D eigenvalue weighted by Crippen LogP contribution is -2.39. The fourth-order valence-corrected chi connectivity index (χ4v) is 3.46. The van der Waals surface area contributed by atoms with Gasteiger partial charge in [-0.05, 0) is 67.9 Å². The number of nitrogens with one attached hydrogen (secondary N) is 3. The van der Waals surface area contributed by atoms with Gasteiger partial charge in [0.05, 0.1) is 0 Å². The Morgan fingerprint density at radius 2 is 1.38 bits per heavy atom. The summed E-state index contributed by atoms with van der Waals surface area (Å²) in [5.74, 6) is -0.335. The van der Waals surface area contributed by atoms with Crippen molar-refractivity contribution in [3.8, 4) is 0 Å². The molecule has 3 rings (SSSR count). The van der Waals surface area contributed by atoms with Gasteiger partial charge in [0.15, 0.2) is 0 Å². The molecule has 0 aromatic heterocycles. The number of rotatable bonds is 8. The lowest BCUT2D eigenvalue weighted by atomic mass is 10.1. The van der Waals surface area contributed by atoms with Crippen LogP contribution >= 0.6 is 11.6 Å². The van der Waals surface area contributed by atoms with Crippen molar-refractivity contribution in [1.29, 1.82) is 0 Å². The minimum Gasteiger partial charge on any atom is -0.372 e. The number of amides is 3. The molecule has 3 aromatic rings. The molecule has 0 unspecified atom stereocenters. The SMILES string of the molecule is CCN(CC)c1ccc(NC(=O)[C@H](NC(=O)Nc2ccc(Cl)cc2)c2ccccc2)cc1. The monoisotopic (exact) mass is 450 g/mol. The molecule has 0 aliphatic carbocycles. The summed E-state index contributed by atoms with van der Waals surface area (Å²) in [4.78, 5) is 27.9. The van der Waals surface area contributed by atoms with Gasteiger partial charge in [-0.1, -0.05) is 41.9 Å². The second kappa shape index (κ2) is 11.2. The maximum Gasteiger partial charge on any atom is 0.320 e. The highest BCUT2D eigenvalue weighted by Gasteiger charge is 2.23. The predicted molar refractivity (Wildman–Crippen MR) is 131 cm³/mol. The Kier molecular flexibility index (Phi) is 8.11. The third kappa shape index (κ3) is 6.25. The maximum absolute atomic E-state index is 13.1. The molecule has 0 fully saturated rings. The minimum atomic E-state index is -0.869. The molecule has 1 atom stereocenters. The Labute approximate surface area is 193 Å². The summed E-state index contributed by atoms with van der Waals surface area (Å²) in [6.07, 6.45) is 0. The first-order chi connectivity index (χ1) is 15.5. The van der Waals surface area contributed by atoms with Crippen LogP contribution in [0.1, 0.15) is 25.5 Å². The van der Waals surface area contributed by atoms with Crippen LogP contribution in [0.3, 0.4) is 0 Å². The number of nitrogens with zero attached hydrogens (tertiary/aromatic N) is 1. The third-order valence-electron chi connectivity index (χ3n) is 5.04. The molecule has 166 valence electrons. The Bertz CT molecular complexity index is 1020. The number of benzene rings is 3. The van der Waals surface area contributed by atoms with Crippen molar-refractivity contribution < 1.29 is 9.59 Å². The molecule has 3 amide bonds. The molecule has 0 bridgehead atoms. The average Bonchev–Trinajstić information content (AvgIpc) is 2.81. The summed E-state index contributed by atoms with van der Waals surface area (Å²) >= 11 is 5.89. The summed E-state index contributed by atoms with van der Waals surface area (Å²) in [5, 5.41) is 8.96. The van der Waals surface area contributed by atoms with Crippen LogP contribution < -0.4 is 20.9 Å². The van der Waals surface area contributed by atoms with Gasteiger partial charge in [0.2, 0.25) is 0 Å². The number of carbonyl (C=O) groups is 2. The summed E-state index contributed by atoms with van der Waals surface area (Å²) in [5.41, 5.74) is 3.00. The predicted octanol–water partition coefficient (Wildman–Crippen LogP) is 5.69. The quantitative estimate of drug-likeness (QED) is 0.413. The van der Waals surface area contributed by atoms with Gasteiger partial charge >= 0.3 is 6.03 Å². The lowest BCUT2D eigenvalue weighted by Gasteiger charge is -2.22. The molecule has 0 saturated carbocycles. The number of hydrogen-bond acceptors (Lipinski definition) is 3. The Morgan fingerprint density at radius 1 is 0.812 bits per heavy atom. The molecule has 7 heteroatoms. The summed E-state index contributed by atoms with van der Waals surface area (Å²) in [7, 11) is 0. The van der Waals surface area contributed by atoms with Crippen molar-refractivity contribution in [2.45, 2.75) is 19.9 Å². The zero-order valence-corrected chi connectivity index (χ0v) is 18.9. The van der Waals surface area contributed by atoms with Crippen molar-refractivity contribution in [1.82, 2.24) is 5.32 Å². The number of halogens is 1. The van der Waals surface area contributed by atoms with E-state index in [1.807, 2.05) is 42.5 Å². The largest absolute Gasteiger partial charge is 0.372 e. The van der Waals surface area contributed by atoms with Gasteiger partial charge in [-0.25, -0.2) is 4.79 Å². The molecular formula is C25H27ClN4O2. The second-order valence-corrected chi connectivity index (χ2v) is 7.59. The van der Waals surface area contributed by atoms with Crippen molar-refractivity contribution >= 4 is 40.6 Å². The standard InChI is InChI=1S/C25H27ClN4O2/c1-3-30(4-2)22-16-14-20(15-17-22)27-24(31)23(18-8-6-5-7-9-18)29-25(32)28-21-12-10-19(26)11-13-21/h5-17,23H,3-4H2,1-2H3,(H,27,31)(H2,28,29,32)/t23-/m1/s1. The molecular weight excluding hydrogens is 424 g/mol. The van der Waals surface area contributed by atoms with E-state index in [0.717, 1.165) is 18.8 Å². The zero-order chi connectivity index (χ0) is 22.9. The fourth-order valence-electron chi connectivity index (χ4n) is 3.34. The molecule has 0 aliphatic rings. The molecule has 3 N–H and O–H groups in total. The number of urea groups is 1. The van der Waals surface area contributed by atoms with Crippen molar-refractivity contribution in [2.75, 3.05) is 28.6 Å². The van der Waals surface area contributed by atoms with Crippen LogP contribution in [0, 0.1) is 0 Å². The fraction of sp³-hybridized carbons (Fsp3) is 0.200. The first-order valence-corrected chi connectivity index (χ1v) is 10.9. The Morgan fingerprint density at radius 3 is 1.97 bits per heavy atom. The zero-order valence-electron chi connectivity index (χ0n) is 18.1. The Hall–Kier alpha value is -3.51. The van der Waals surface area contributed by atoms with Crippen LogP contribution in [0.25, 0.3) is 0 Å². The average molecular weight is 451 g/mol. The van der Waals surface area contributed by atoms with Crippen molar-refractivity contribution in [3.05, 3.63) is 89.4 Å². The number of hydrogen-bond donors (Lipinski definition) is 3. The highest BCUT2D eigenvalue weighted by atomic mass is 35.5. The van der Waals surface area contributed by atoms with E-state index in [1.54, 1.807) is 36.4 Å². The summed E-state index contributed by atoms with van der Waals surface area (Å²) in [6.45, 7) is 6.02. The number of anilines is 3. The normalized spacial score (nSPS) is 11.3. The van der Waals surface area contributed by atoms with E-state index in [4.69, 9.17) is 11.6 Å². The van der Waals surface area contributed by atoms with E-state index in [0.29, 0.717) is 22.0 Å². The van der Waals surface area contributed by atoms with E-state index >= 15 is 0 Å². The van der Waals surface area contributed by atoms with E-state index in [9.17, 15) is 9.59 Å². The summed E-state index contributed by atoms with van der Waals surface area (Å²) < 4.78 is 0. The molecule has 0 spiro atoms. The van der Waals surface area contributed by atoms with Crippen LogP contribution in [0.4, 0.5) is 21.9 Å². The van der Waals surface area contributed by atoms with Gasteiger partial charge in [-0.15, -0.1) is 0 Å². The molecule has 0 heterocycles. The topological polar surface area (TPSA) is 73.5 Å². The van der Waals surface area contributed by atoms with Crippen LogP contribution in [-0.4, -0.2) is 25.0 Å². The van der Waals surface area contributed by atoms with Gasteiger partial charge in [0, 0.05) is 35.2 Å². The van der Waals surface area contributed by atoms with E-state index in [2.05, 4.69) is 34.7 Å². The molecule has 6 nitrogen and oxygen atoms in total. The minimum absolute atomic E-state index is 0.335. The van der Waals surface area contributed by atoms with E-state index in [-0.39, 0.29) is 5.91 Å². The van der Waals surface area contributed by atoms with Crippen LogP contribution in [0.5, 0.6) is 0 Å². The maximum atomic E-state index is 13.1. The molecule has 0 saturated heterocycles. The second-order valence-electron chi connectivity index (χ2n) is 7.16.